The summed E-state index contributed by atoms with van der Waals surface area (Å²) in [5, 5.41) is 7.64. The zero-order valence-electron chi connectivity index (χ0n) is 17.4. The van der Waals surface area contributed by atoms with Crippen LogP contribution >= 0.6 is 0 Å². The van der Waals surface area contributed by atoms with E-state index in [1.807, 2.05) is 4.90 Å². The number of halogens is 2. The molecule has 0 bridgehead atoms. The summed E-state index contributed by atoms with van der Waals surface area (Å²) in [6.45, 7) is 3.10. The molecule has 0 spiro atoms. The standard InChI is InChI=1S/C22H32F2N4O2/c23-20(24)19-11-18(15-4-5-15)26-21-17(12-25-28(19)21)22(29)27-8-2-1-3-16(13-27)14-6-9-30-10-7-14/h12,14-16,18-20,26H,1-11,13H2/t16?,18-,19+/m1/s1. The molecule has 4 aliphatic rings. The van der Waals surface area contributed by atoms with Crippen LogP contribution in [-0.2, 0) is 4.74 Å². The number of carbonyl (C=O) groups is 1. The van der Waals surface area contributed by atoms with Crippen LogP contribution < -0.4 is 5.32 Å². The van der Waals surface area contributed by atoms with Gasteiger partial charge in [0, 0.05) is 32.3 Å². The molecule has 1 aliphatic carbocycles. The zero-order chi connectivity index (χ0) is 20.7. The number of hydrogen-bond acceptors (Lipinski definition) is 4. The Hall–Kier alpha value is -1.70. The third kappa shape index (κ3) is 3.95. The van der Waals surface area contributed by atoms with Crippen LogP contribution in [0.3, 0.4) is 0 Å². The Morgan fingerprint density at radius 1 is 1.10 bits per heavy atom. The van der Waals surface area contributed by atoms with Crippen LogP contribution in [0.1, 0.15) is 67.8 Å². The summed E-state index contributed by atoms with van der Waals surface area (Å²) in [5.74, 6) is 1.97. The minimum absolute atomic E-state index is 0.0128. The van der Waals surface area contributed by atoms with Gasteiger partial charge in [-0.05, 0) is 62.7 Å². The number of nitrogens with one attached hydrogen (secondary N) is 1. The van der Waals surface area contributed by atoms with Gasteiger partial charge in [-0.3, -0.25) is 4.79 Å². The second kappa shape index (κ2) is 8.44. The number of rotatable bonds is 4. The summed E-state index contributed by atoms with van der Waals surface area (Å²) in [4.78, 5) is 15.5. The highest BCUT2D eigenvalue weighted by atomic mass is 19.3. The second-order valence-corrected chi connectivity index (χ2v) is 9.53. The zero-order valence-corrected chi connectivity index (χ0v) is 17.4. The van der Waals surface area contributed by atoms with Crippen molar-refractivity contribution in [2.45, 2.75) is 69.9 Å². The lowest BCUT2D eigenvalue weighted by Crippen LogP contribution is -2.40. The van der Waals surface area contributed by atoms with Gasteiger partial charge in [0.2, 0.25) is 0 Å². The topological polar surface area (TPSA) is 59.4 Å². The van der Waals surface area contributed by atoms with Crippen molar-refractivity contribution in [1.29, 1.82) is 0 Å². The van der Waals surface area contributed by atoms with Crippen LogP contribution in [-0.4, -0.2) is 59.4 Å². The van der Waals surface area contributed by atoms with Crippen LogP contribution in [0.5, 0.6) is 0 Å². The molecule has 5 rings (SSSR count). The van der Waals surface area contributed by atoms with Crippen molar-refractivity contribution >= 4 is 11.7 Å². The van der Waals surface area contributed by atoms with E-state index in [9.17, 15) is 13.6 Å². The molecule has 30 heavy (non-hydrogen) atoms. The van der Waals surface area contributed by atoms with Gasteiger partial charge in [-0.25, -0.2) is 13.5 Å². The Morgan fingerprint density at radius 3 is 2.63 bits per heavy atom. The van der Waals surface area contributed by atoms with Crippen molar-refractivity contribution in [3.05, 3.63) is 11.8 Å². The largest absolute Gasteiger partial charge is 0.381 e. The number of likely N-dealkylation sites (tertiary alicyclic amines) is 1. The number of fused-ring (bicyclic) bond motifs is 1. The Kier molecular flexibility index (Phi) is 5.69. The second-order valence-electron chi connectivity index (χ2n) is 9.53. The minimum Gasteiger partial charge on any atom is -0.381 e. The first-order chi connectivity index (χ1) is 14.6. The van der Waals surface area contributed by atoms with E-state index in [1.54, 1.807) is 0 Å². The number of alkyl halides is 2. The highest BCUT2D eigenvalue weighted by molar-refractivity contribution is 5.99. The lowest BCUT2D eigenvalue weighted by Gasteiger charge is -2.34. The van der Waals surface area contributed by atoms with Gasteiger partial charge >= 0.3 is 0 Å². The lowest BCUT2D eigenvalue weighted by molar-refractivity contribution is 0.0375. The van der Waals surface area contributed by atoms with E-state index >= 15 is 0 Å². The van der Waals surface area contributed by atoms with Crippen molar-refractivity contribution in [2.75, 3.05) is 31.6 Å². The normalized spacial score (nSPS) is 30.6. The highest BCUT2D eigenvalue weighted by Crippen LogP contribution is 2.43. The number of carbonyl (C=O) groups excluding carboxylic acids is 1. The molecule has 3 fully saturated rings. The molecule has 1 amide bonds. The van der Waals surface area contributed by atoms with Crippen molar-refractivity contribution in [1.82, 2.24) is 14.7 Å². The van der Waals surface area contributed by atoms with E-state index in [0.29, 0.717) is 35.6 Å². The van der Waals surface area contributed by atoms with Gasteiger partial charge in [-0.1, -0.05) is 6.42 Å². The fourth-order valence-corrected chi connectivity index (χ4v) is 5.63. The third-order valence-electron chi connectivity index (χ3n) is 7.57. The van der Waals surface area contributed by atoms with Gasteiger partial charge < -0.3 is 15.0 Å². The number of amides is 1. The first kappa shape index (κ1) is 20.2. The molecule has 1 aromatic heterocycles. The smallest absolute Gasteiger partial charge is 0.260 e. The summed E-state index contributed by atoms with van der Waals surface area (Å²) < 4.78 is 34.4. The van der Waals surface area contributed by atoms with Crippen LogP contribution in [0, 0.1) is 17.8 Å². The first-order valence-electron chi connectivity index (χ1n) is 11.6. The predicted octanol–water partition coefficient (Wildman–Crippen LogP) is 3.95. The van der Waals surface area contributed by atoms with Crippen molar-refractivity contribution in [3.8, 4) is 0 Å². The Labute approximate surface area is 176 Å². The van der Waals surface area contributed by atoms with E-state index in [0.717, 1.165) is 71.2 Å². The quantitative estimate of drug-likeness (QED) is 0.798. The molecule has 166 valence electrons. The molecular weight excluding hydrogens is 390 g/mol. The van der Waals surface area contributed by atoms with Crippen LogP contribution in [0.4, 0.5) is 14.6 Å². The molecule has 0 radical (unpaired) electrons. The number of nitrogens with zero attached hydrogens (tertiary/aromatic N) is 3. The van der Waals surface area contributed by atoms with E-state index in [2.05, 4.69) is 10.4 Å². The van der Waals surface area contributed by atoms with E-state index in [4.69, 9.17) is 4.74 Å². The Morgan fingerprint density at radius 2 is 1.90 bits per heavy atom. The van der Waals surface area contributed by atoms with E-state index in [1.165, 1.54) is 10.9 Å². The minimum atomic E-state index is -2.48. The average Bonchev–Trinajstić information content (AvgIpc) is 3.56. The molecule has 1 aromatic rings. The summed E-state index contributed by atoms with van der Waals surface area (Å²) in [6, 6.07) is -0.939. The molecule has 6 nitrogen and oxygen atoms in total. The maximum atomic E-state index is 13.7. The fourth-order valence-electron chi connectivity index (χ4n) is 5.63. The Balaban J connectivity index is 1.36. The molecule has 3 atom stereocenters. The molecule has 3 aliphatic heterocycles. The van der Waals surface area contributed by atoms with Gasteiger partial charge in [-0.15, -0.1) is 0 Å². The SMILES string of the molecule is O=C(c1cnn2c1N[C@@H](C1CC1)C[C@H]2C(F)F)N1CCCCC(C2CCOCC2)C1. The molecule has 1 N–H and O–H groups in total. The maximum absolute atomic E-state index is 13.7. The predicted molar refractivity (Wildman–Crippen MR) is 109 cm³/mol. The van der Waals surface area contributed by atoms with Gasteiger partial charge in [0.1, 0.15) is 17.4 Å². The van der Waals surface area contributed by atoms with Gasteiger partial charge in [0.25, 0.3) is 12.3 Å². The summed E-state index contributed by atoms with van der Waals surface area (Å²) in [7, 11) is 0. The number of anilines is 1. The van der Waals surface area contributed by atoms with E-state index in [-0.39, 0.29) is 11.9 Å². The molecule has 1 saturated carbocycles. The van der Waals surface area contributed by atoms with Crippen LogP contribution in [0.25, 0.3) is 0 Å². The highest BCUT2D eigenvalue weighted by Gasteiger charge is 2.42. The average molecular weight is 423 g/mol. The van der Waals surface area contributed by atoms with Gasteiger partial charge in [0.05, 0.1) is 6.20 Å². The monoisotopic (exact) mass is 422 g/mol. The Bertz CT molecular complexity index is 760. The van der Waals surface area contributed by atoms with E-state index < -0.39 is 12.5 Å². The maximum Gasteiger partial charge on any atom is 0.260 e. The van der Waals surface area contributed by atoms with Crippen molar-refractivity contribution in [2.24, 2.45) is 17.8 Å². The summed E-state index contributed by atoms with van der Waals surface area (Å²) >= 11 is 0. The fraction of sp³-hybridized carbons (Fsp3) is 0.818. The van der Waals surface area contributed by atoms with Crippen LogP contribution in [0.15, 0.2) is 6.20 Å². The van der Waals surface area contributed by atoms with Crippen LogP contribution in [0.2, 0.25) is 0 Å². The van der Waals surface area contributed by atoms with Crippen molar-refractivity contribution in [3.63, 3.8) is 0 Å². The molecule has 8 heteroatoms. The molecule has 4 heterocycles. The molecule has 2 saturated heterocycles. The summed E-state index contributed by atoms with van der Waals surface area (Å²) in [5.41, 5.74) is 0.457. The number of aromatic nitrogens is 2. The number of hydrogen-bond donors (Lipinski definition) is 1. The summed E-state index contributed by atoms with van der Waals surface area (Å²) in [6.07, 6.45) is 6.95. The third-order valence-corrected chi connectivity index (χ3v) is 7.57. The molecule has 0 aromatic carbocycles. The first-order valence-corrected chi connectivity index (χ1v) is 11.6. The lowest BCUT2D eigenvalue weighted by atomic mass is 9.83. The van der Waals surface area contributed by atoms with Crippen molar-refractivity contribution < 1.29 is 18.3 Å². The molecule has 1 unspecified atom stereocenters. The number of ether oxygens (including phenoxy) is 1. The molecular formula is C22H32F2N4O2. The van der Waals surface area contributed by atoms with Gasteiger partial charge in [0.15, 0.2) is 0 Å². The van der Waals surface area contributed by atoms with Gasteiger partial charge in [-0.2, -0.15) is 5.10 Å².